The Bertz CT molecular complexity index is 872. The summed E-state index contributed by atoms with van der Waals surface area (Å²) in [7, 11) is 0. The quantitative estimate of drug-likeness (QED) is 0.899. The molecule has 9 heteroatoms. The number of nitrogens with one attached hydrogen (secondary N) is 1. The number of aromatic amines is 1. The molecule has 128 valence electrons. The molecule has 2 heterocycles. The summed E-state index contributed by atoms with van der Waals surface area (Å²) in [6.45, 7) is 5.76. The lowest BCUT2D eigenvalue weighted by Gasteiger charge is -2.18. The van der Waals surface area contributed by atoms with Crippen LogP contribution in [0, 0.1) is 12.3 Å². The molecule has 0 bridgehead atoms. The molecule has 0 aliphatic carbocycles. The van der Waals surface area contributed by atoms with Crippen LogP contribution in [0.25, 0.3) is 5.69 Å². The Hall–Kier alpha value is -1.83. The van der Waals surface area contributed by atoms with Crippen LogP contribution in [0.3, 0.4) is 0 Å². The third-order valence-corrected chi connectivity index (χ3v) is 4.43. The van der Waals surface area contributed by atoms with Gasteiger partial charge in [0, 0.05) is 5.02 Å². The second-order valence-corrected chi connectivity index (χ2v) is 7.14. The molecule has 3 rings (SSSR count). The summed E-state index contributed by atoms with van der Waals surface area (Å²) in [5.74, 6) is 0.343. The predicted octanol–water partition coefficient (Wildman–Crippen LogP) is 2.48. The molecule has 0 radical (unpaired) electrons. The fourth-order valence-corrected chi connectivity index (χ4v) is 2.95. The summed E-state index contributed by atoms with van der Waals surface area (Å²) in [5.41, 5.74) is 0.0149. The molecule has 0 spiro atoms. The van der Waals surface area contributed by atoms with Crippen molar-refractivity contribution in [3.63, 3.8) is 0 Å². The van der Waals surface area contributed by atoms with Crippen LogP contribution in [0.15, 0.2) is 16.9 Å². The largest absolute Gasteiger partial charge is 0.348 e. The molecule has 24 heavy (non-hydrogen) atoms. The van der Waals surface area contributed by atoms with Gasteiger partial charge in [-0.3, -0.25) is 14.6 Å². The van der Waals surface area contributed by atoms with Crippen LogP contribution in [0.5, 0.6) is 0 Å². The summed E-state index contributed by atoms with van der Waals surface area (Å²) in [6.07, 6.45) is 0. The van der Waals surface area contributed by atoms with Crippen LogP contribution in [0.1, 0.15) is 25.2 Å². The van der Waals surface area contributed by atoms with Crippen molar-refractivity contribution in [3.05, 3.63) is 44.1 Å². The van der Waals surface area contributed by atoms with Gasteiger partial charge < -0.3 is 0 Å². The Kier molecular flexibility index (Phi) is 4.19. The molecule has 1 aliphatic heterocycles. The summed E-state index contributed by atoms with van der Waals surface area (Å²) >= 11 is 12.4. The van der Waals surface area contributed by atoms with E-state index in [9.17, 15) is 9.59 Å². The molecule has 1 amide bonds. The molecule has 1 N–H and O–H groups in total. The number of aromatic nitrogens is 3. The number of benzene rings is 1. The number of carbonyl (C=O) groups is 1. The van der Waals surface area contributed by atoms with Crippen molar-refractivity contribution in [1.82, 2.24) is 19.8 Å². The number of carbonyl (C=O) groups excluding carboxylic acids is 1. The third-order valence-electron chi connectivity index (χ3n) is 3.77. The van der Waals surface area contributed by atoms with E-state index in [4.69, 9.17) is 28.0 Å². The fraction of sp³-hybridized carbons (Fsp3) is 0.400. The minimum absolute atomic E-state index is 0.122. The number of H-pyrrole nitrogens is 1. The highest BCUT2D eigenvalue weighted by atomic mass is 35.5. The van der Waals surface area contributed by atoms with Gasteiger partial charge in [-0.05, 0) is 38.5 Å². The number of hydroxylamine groups is 2. The highest BCUT2D eigenvalue weighted by Crippen LogP contribution is 2.32. The van der Waals surface area contributed by atoms with E-state index in [0.29, 0.717) is 28.7 Å². The van der Waals surface area contributed by atoms with Gasteiger partial charge in [-0.2, -0.15) is 9.78 Å². The van der Waals surface area contributed by atoms with E-state index in [2.05, 4.69) is 10.1 Å². The van der Waals surface area contributed by atoms with Crippen LogP contribution in [0.2, 0.25) is 10.0 Å². The highest BCUT2D eigenvalue weighted by Gasteiger charge is 2.40. The van der Waals surface area contributed by atoms with E-state index in [0.717, 1.165) is 4.68 Å². The molecule has 7 nitrogen and oxygen atoms in total. The zero-order chi connectivity index (χ0) is 17.6. The van der Waals surface area contributed by atoms with Crippen LogP contribution in [0.4, 0.5) is 0 Å². The number of halogens is 2. The van der Waals surface area contributed by atoms with Gasteiger partial charge in [-0.15, -0.1) is 0 Å². The molecule has 1 saturated heterocycles. The zero-order valence-electron chi connectivity index (χ0n) is 13.4. The van der Waals surface area contributed by atoms with Crippen molar-refractivity contribution in [2.24, 2.45) is 5.41 Å². The molecule has 1 aromatic heterocycles. The number of aryl methyl sites for hydroxylation is 1. The molecule has 1 aliphatic rings. The first-order valence-corrected chi connectivity index (χ1v) is 8.04. The van der Waals surface area contributed by atoms with Crippen molar-refractivity contribution in [2.45, 2.75) is 27.3 Å². The average Bonchev–Trinajstić information content (AvgIpc) is 2.95. The maximum atomic E-state index is 12.3. The minimum Gasteiger partial charge on any atom is -0.293 e. The molecule has 1 aromatic carbocycles. The van der Waals surface area contributed by atoms with Gasteiger partial charge in [0.25, 0.3) is 5.91 Å². The van der Waals surface area contributed by atoms with Crippen LogP contribution >= 0.6 is 23.2 Å². The van der Waals surface area contributed by atoms with Gasteiger partial charge in [0.05, 0.1) is 29.3 Å². The van der Waals surface area contributed by atoms with Gasteiger partial charge in [-0.25, -0.2) is 9.86 Å². The van der Waals surface area contributed by atoms with Crippen molar-refractivity contribution >= 4 is 29.1 Å². The summed E-state index contributed by atoms with van der Waals surface area (Å²) < 4.78 is 1.16. The predicted molar refractivity (Wildman–Crippen MR) is 89.2 cm³/mol. The van der Waals surface area contributed by atoms with Gasteiger partial charge in [0.2, 0.25) is 0 Å². The lowest BCUT2D eigenvalue weighted by molar-refractivity contribution is -0.165. The molecule has 1 fully saturated rings. The third kappa shape index (κ3) is 2.94. The second-order valence-electron chi connectivity index (χ2n) is 6.32. The van der Waals surface area contributed by atoms with Crippen molar-refractivity contribution < 1.29 is 9.63 Å². The SMILES string of the molecule is Cc1nn(-c2cc(CN3OCC(C)(C)C3=O)c(Cl)cc2Cl)c(=O)[nH]1. The first-order chi connectivity index (χ1) is 11.2. The van der Waals surface area contributed by atoms with Gasteiger partial charge in [0.15, 0.2) is 0 Å². The van der Waals surface area contributed by atoms with E-state index in [1.807, 2.05) is 13.8 Å². The molecular formula is C15H16Cl2N4O3. The number of hydrogen-bond acceptors (Lipinski definition) is 4. The maximum absolute atomic E-state index is 12.3. The van der Waals surface area contributed by atoms with Crippen molar-refractivity contribution in [1.29, 1.82) is 0 Å². The van der Waals surface area contributed by atoms with E-state index in [1.165, 1.54) is 11.1 Å². The van der Waals surface area contributed by atoms with Crippen molar-refractivity contribution in [3.8, 4) is 5.69 Å². The Balaban J connectivity index is 1.98. The normalized spacial score (nSPS) is 16.9. The smallest absolute Gasteiger partial charge is 0.293 e. The van der Waals surface area contributed by atoms with E-state index in [-0.39, 0.29) is 17.5 Å². The first-order valence-electron chi connectivity index (χ1n) is 7.28. The zero-order valence-corrected chi connectivity index (χ0v) is 14.9. The molecule has 2 aromatic rings. The topological polar surface area (TPSA) is 80.2 Å². The Labute approximate surface area is 148 Å². The van der Waals surface area contributed by atoms with E-state index in [1.54, 1.807) is 13.0 Å². The van der Waals surface area contributed by atoms with Crippen LogP contribution < -0.4 is 5.69 Å². The first kappa shape index (κ1) is 17.0. The number of rotatable bonds is 3. The maximum Gasteiger partial charge on any atom is 0.348 e. The monoisotopic (exact) mass is 370 g/mol. The summed E-state index contributed by atoms with van der Waals surface area (Å²) in [5, 5.41) is 6.03. The second kappa shape index (κ2) is 5.91. The standard InChI is InChI=1S/C15H16Cl2N4O3/c1-8-18-14(23)21(19-8)12-4-9(10(16)5-11(12)17)6-20-13(22)15(2,3)7-24-20/h4-5H,6-7H2,1-3H3,(H,18,19,23). The Morgan fingerprint density at radius 3 is 2.54 bits per heavy atom. The van der Waals surface area contributed by atoms with Crippen molar-refractivity contribution in [2.75, 3.05) is 6.61 Å². The Morgan fingerprint density at radius 1 is 1.29 bits per heavy atom. The van der Waals surface area contributed by atoms with Crippen LogP contribution in [-0.2, 0) is 16.2 Å². The molecular weight excluding hydrogens is 355 g/mol. The minimum atomic E-state index is -0.571. The highest BCUT2D eigenvalue weighted by molar-refractivity contribution is 6.36. The number of amides is 1. The number of nitrogens with zero attached hydrogens (tertiary/aromatic N) is 3. The molecule has 0 atom stereocenters. The van der Waals surface area contributed by atoms with Gasteiger partial charge in [-0.1, -0.05) is 23.2 Å². The van der Waals surface area contributed by atoms with Gasteiger partial charge in [0.1, 0.15) is 5.82 Å². The van der Waals surface area contributed by atoms with E-state index >= 15 is 0 Å². The Morgan fingerprint density at radius 2 is 2.00 bits per heavy atom. The van der Waals surface area contributed by atoms with Gasteiger partial charge >= 0.3 is 5.69 Å². The summed E-state index contributed by atoms with van der Waals surface area (Å²) in [6, 6.07) is 3.16. The molecule has 0 saturated carbocycles. The van der Waals surface area contributed by atoms with E-state index < -0.39 is 11.1 Å². The fourth-order valence-electron chi connectivity index (χ4n) is 2.43. The lowest BCUT2D eigenvalue weighted by atomic mass is 9.95. The lowest BCUT2D eigenvalue weighted by Crippen LogP contribution is -2.30. The average molecular weight is 371 g/mol. The summed E-state index contributed by atoms with van der Waals surface area (Å²) in [4.78, 5) is 32.2. The number of hydrogen-bond donors (Lipinski definition) is 1. The van der Waals surface area contributed by atoms with Crippen LogP contribution in [-0.4, -0.2) is 32.3 Å². The molecule has 0 unspecified atom stereocenters.